The number of hydrogen-bond acceptors (Lipinski definition) is 2. The summed E-state index contributed by atoms with van der Waals surface area (Å²) in [4.78, 5) is 11.0. The third-order valence-electron chi connectivity index (χ3n) is 3.13. The Morgan fingerprint density at radius 2 is 2.15 bits per heavy atom. The van der Waals surface area contributed by atoms with Crippen molar-refractivity contribution in [3.63, 3.8) is 0 Å². The lowest BCUT2D eigenvalue weighted by Gasteiger charge is -2.49. The second-order valence-electron chi connectivity index (χ2n) is 3.92. The monoisotopic (exact) mass is 174 g/mol. The van der Waals surface area contributed by atoms with E-state index in [9.17, 15) is 4.79 Å². The van der Waals surface area contributed by atoms with Crippen molar-refractivity contribution in [2.75, 3.05) is 0 Å². The number of rotatable bonds is 1. The van der Waals surface area contributed by atoms with E-state index in [0.29, 0.717) is 0 Å². The molecular formula is C11H10O2. The van der Waals surface area contributed by atoms with Crippen LogP contribution in [0.1, 0.15) is 18.4 Å². The first kappa shape index (κ1) is 7.13. The molecule has 0 radical (unpaired) electrons. The van der Waals surface area contributed by atoms with Gasteiger partial charge in [0, 0.05) is 18.4 Å². The molecule has 1 aromatic rings. The molecule has 0 saturated heterocycles. The quantitative estimate of drug-likeness (QED) is 0.605. The lowest BCUT2D eigenvalue weighted by Crippen LogP contribution is -2.52. The van der Waals surface area contributed by atoms with Crippen LogP contribution >= 0.6 is 0 Å². The number of carbonyl (C=O) groups excluding carboxylic acids is 1. The normalized spacial score (nSPS) is 34.0. The van der Waals surface area contributed by atoms with E-state index in [0.717, 1.165) is 30.4 Å². The molecule has 2 heterocycles. The third-order valence-corrected chi connectivity index (χ3v) is 3.13. The summed E-state index contributed by atoms with van der Waals surface area (Å²) in [5.74, 6) is 0.900. The van der Waals surface area contributed by atoms with E-state index in [4.69, 9.17) is 4.74 Å². The first-order chi connectivity index (χ1) is 6.34. The van der Waals surface area contributed by atoms with Gasteiger partial charge in [0.2, 0.25) is 0 Å². The molecule has 1 aliphatic carbocycles. The van der Waals surface area contributed by atoms with Gasteiger partial charge in [-0.3, -0.25) is 0 Å². The zero-order valence-electron chi connectivity index (χ0n) is 7.19. The van der Waals surface area contributed by atoms with E-state index >= 15 is 0 Å². The van der Waals surface area contributed by atoms with E-state index in [1.54, 1.807) is 0 Å². The lowest BCUT2D eigenvalue weighted by molar-refractivity contribution is -0.121. The predicted molar refractivity (Wildman–Crippen MR) is 47.8 cm³/mol. The van der Waals surface area contributed by atoms with Crippen LogP contribution in [0, 0.1) is 0 Å². The van der Waals surface area contributed by atoms with E-state index in [1.165, 1.54) is 0 Å². The van der Waals surface area contributed by atoms with Crippen LogP contribution < -0.4 is 4.74 Å². The highest BCUT2D eigenvalue weighted by Crippen LogP contribution is 2.51. The maximum atomic E-state index is 11.0. The van der Waals surface area contributed by atoms with Gasteiger partial charge in [-0.15, -0.1) is 0 Å². The van der Waals surface area contributed by atoms with Crippen LogP contribution in [0.4, 0.5) is 0 Å². The van der Waals surface area contributed by atoms with E-state index < -0.39 is 0 Å². The fraction of sp³-hybridized carbons (Fsp3) is 0.364. The molecular weight excluding hydrogens is 164 g/mol. The van der Waals surface area contributed by atoms with Crippen LogP contribution in [0.25, 0.3) is 0 Å². The maximum absolute atomic E-state index is 11.0. The topological polar surface area (TPSA) is 26.3 Å². The molecule has 2 nitrogen and oxygen atoms in total. The summed E-state index contributed by atoms with van der Waals surface area (Å²) in [6, 6.07) is 7.85. The second-order valence-corrected chi connectivity index (χ2v) is 3.92. The summed E-state index contributed by atoms with van der Waals surface area (Å²) >= 11 is 0. The highest BCUT2D eigenvalue weighted by Gasteiger charge is 2.52. The van der Waals surface area contributed by atoms with Crippen LogP contribution in [0.2, 0.25) is 0 Å². The van der Waals surface area contributed by atoms with Crippen molar-refractivity contribution in [1.82, 2.24) is 0 Å². The van der Waals surface area contributed by atoms with E-state index in [-0.39, 0.29) is 11.5 Å². The molecule has 4 rings (SSSR count). The van der Waals surface area contributed by atoms with Gasteiger partial charge in [0.05, 0.1) is 5.41 Å². The molecule has 0 amide bonds. The summed E-state index contributed by atoms with van der Waals surface area (Å²) in [5.41, 5.74) is 0.868. The average Bonchev–Trinajstić information content (AvgIpc) is 2.15. The van der Waals surface area contributed by atoms with Crippen molar-refractivity contribution >= 4 is 6.29 Å². The minimum absolute atomic E-state index is 0.209. The SMILES string of the molecule is O=CC12CC(C1)Oc1ccccc12. The smallest absolute Gasteiger partial charge is 0.130 e. The van der Waals surface area contributed by atoms with Gasteiger partial charge in [0.25, 0.3) is 0 Å². The van der Waals surface area contributed by atoms with Crippen LogP contribution in [0.15, 0.2) is 24.3 Å². The Morgan fingerprint density at radius 1 is 1.38 bits per heavy atom. The zero-order chi connectivity index (χ0) is 8.89. The fourth-order valence-corrected chi connectivity index (χ4v) is 2.38. The largest absolute Gasteiger partial charge is 0.490 e. The average molecular weight is 174 g/mol. The molecule has 3 aliphatic rings. The van der Waals surface area contributed by atoms with Gasteiger partial charge in [0.15, 0.2) is 0 Å². The minimum Gasteiger partial charge on any atom is -0.490 e. The van der Waals surface area contributed by atoms with Crippen molar-refractivity contribution in [1.29, 1.82) is 0 Å². The molecule has 1 fully saturated rings. The molecule has 66 valence electrons. The van der Waals surface area contributed by atoms with Crippen LogP contribution in [0.3, 0.4) is 0 Å². The van der Waals surface area contributed by atoms with Crippen molar-refractivity contribution in [2.45, 2.75) is 24.4 Å². The van der Waals surface area contributed by atoms with Crippen LogP contribution in [-0.2, 0) is 10.2 Å². The maximum Gasteiger partial charge on any atom is 0.130 e. The predicted octanol–water partition coefficient (Wildman–Crippen LogP) is 1.68. The van der Waals surface area contributed by atoms with E-state index in [1.807, 2.05) is 24.3 Å². The second kappa shape index (κ2) is 2.13. The van der Waals surface area contributed by atoms with Gasteiger partial charge in [-0.2, -0.15) is 0 Å². The Bertz CT molecular complexity index is 364. The highest BCUT2D eigenvalue weighted by molar-refractivity contribution is 5.74. The van der Waals surface area contributed by atoms with Gasteiger partial charge < -0.3 is 9.53 Å². The Hall–Kier alpha value is -1.31. The standard InChI is InChI=1S/C11H10O2/c12-7-11-5-8(6-11)13-10-4-2-1-3-9(10)11/h1-4,7-8H,5-6H2. The molecule has 13 heavy (non-hydrogen) atoms. The Labute approximate surface area is 76.5 Å². The molecule has 1 saturated carbocycles. The molecule has 0 aromatic heterocycles. The lowest BCUT2D eigenvalue weighted by atomic mass is 9.62. The number of benzene rings is 1. The molecule has 0 N–H and O–H groups in total. The summed E-state index contributed by atoms with van der Waals surface area (Å²) in [6.45, 7) is 0. The minimum atomic E-state index is -0.209. The van der Waals surface area contributed by atoms with Gasteiger partial charge in [-0.1, -0.05) is 18.2 Å². The fourth-order valence-electron chi connectivity index (χ4n) is 2.38. The van der Waals surface area contributed by atoms with Gasteiger partial charge >= 0.3 is 0 Å². The molecule has 0 unspecified atom stereocenters. The third kappa shape index (κ3) is 0.755. The number of aldehydes is 1. The summed E-state index contributed by atoms with van der Waals surface area (Å²) in [5, 5.41) is 0. The molecule has 0 atom stereocenters. The zero-order valence-corrected chi connectivity index (χ0v) is 7.19. The summed E-state index contributed by atoms with van der Waals surface area (Å²) in [7, 11) is 0. The number of hydrogen-bond donors (Lipinski definition) is 0. The Balaban J connectivity index is 2.20. The molecule has 2 heteroatoms. The van der Waals surface area contributed by atoms with Crippen molar-refractivity contribution in [3.8, 4) is 5.75 Å². The highest BCUT2D eigenvalue weighted by atomic mass is 16.5. The summed E-state index contributed by atoms with van der Waals surface area (Å²) in [6.07, 6.45) is 3.10. The molecule has 1 aromatic carbocycles. The Kier molecular flexibility index (Phi) is 1.17. The summed E-state index contributed by atoms with van der Waals surface area (Å²) < 4.78 is 5.67. The van der Waals surface area contributed by atoms with E-state index in [2.05, 4.69) is 0 Å². The van der Waals surface area contributed by atoms with Crippen molar-refractivity contribution < 1.29 is 9.53 Å². The van der Waals surface area contributed by atoms with Gasteiger partial charge in [0.1, 0.15) is 18.1 Å². The first-order valence-corrected chi connectivity index (χ1v) is 4.57. The van der Waals surface area contributed by atoms with Crippen molar-refractivity contribution in [3.05, 3.63) is 29.8 Å². The van der Waals surface area contributed by atoms with Crippen LogP contribution in [-0.4, -0.2) is 12.4 Å². The van der Waals surface area contributed by atoms with Gasteiger partial charge in [-0.25, -0.2) is 0 Å². The first-order valence-electron chi connectivity index (χ1n) is 4.57. The molecule has 2 bridgehead atoms. The molecule has 0 spiro atoms. The van der Waals surface area contributed by atoms with Crippen LogP contribution in [0.5, 0.6) is 5.75 Å². The van der Waals surface area contributed by atoms with Gasteiger partial charge in [-0.05, 0) is 6.07 Å². The molecule has 2 aliphatic heterocycles. The Morgan fingerprint density at radius 3 is 2.92 bits per heavy atom. The van der Waals surface area contributed by atoms with Crippen molar-refractivity contribution in [2.24, 2.45) is 0 Å². The number of para-hydroxylation sites is 1. The number of ether oxygens (including phenoxy) is 1. The number of carbonyl (C=O) groups is 1.